The molecule has 0 aliphatic carbocycles. The third-order valence-corrected chi connectivity index (χ3v) is 7.96. The van der Waals surface area contributed by atoms with Crippen molar-refractivity contribution in [2.45, 2.75) is 65.0 Å². The van der Waals surface area contributed by atoms with Crippen LogP contribution in [-0.2, 0) is 31.2 Å². The Labute approximate surface area is 243 Å². The van der Waals surface area contributed by atoms with Gasteiger partial charge in [0.15, 0.2) is 21.4 Å². The largest absolute Gasteiger partial charge is 0.444 e. The van der Waals surface area contributed by atoms with Crippen molar-refractivity contribution < 1.29 is 27.1 Å². The van der Waals surface area contributed by atoms with Crippen molar-refractivity contribution in [3.63, 3.8) is 0 Å². The van der Waals surface area contributed by atoms with Gasteiger partial charge in [0.25, 0.3) is 0 Å². The summed E-state index contributed by atoms with van der Waals surface area (Å²) in [5.41, 5.74) is -0.586. The number of ketones is 1. The number of halogens is 1. The highest BCUT2D eigenvalue weighted by atomic mass is 32.2. The van der Waals surface area contributed by atoms with E-state index in [1.165, 1.54) is 12.3 Å². The number of allylic oxidation sites excluding steroid dienone is 3. The Kier molecular flexibility index (Phi) is 8.06. The van der Waals surface area contributed by atoms with Gasteiger partial charge in [0.1, 0.15) is 16.7 Å². The van der Waals surface area contributed by atoms with Crippen molar-refractivity contribution in [1.29, 1.82) is 5.26 Å². The van der Waals surface area contributed by atoms with E-state index in [0.717, 1.165) is 0 Å². The fraction of sp³-hybridized carbons (Fsp3) is 0.379. The molecule has 1 aromatic heterocycles. The van der Waals surface area contributed by atoms with Crippen molar-refractivity contribution >= 4 is 27.3 Å². The zero-order valence-corrected chi connectivity index (χ0v) is 24.9. The molecule has 4 rings (SSSR count). The predicted molar refractivity (Wildman–Crippen MR) is 152 cm³/mol. The first-order chi connectivity index (χ1) is 19.5. The third kappa shape index (κ3) is 6.71. The first-order valence-electron chi connectivity index (χ1n) is 13.1. The first kappa shape index (κ1) is 30.5. The molecule has 42 heavy (non-hydrogen) atoms. The lowest BCUT2D eigenvalue weighted by atomic mass is 9.91. The average Bonchev–Trinajstić information content (AvgIpc) is 3.03. The van der Waals surface area contributed by atoms with Crippen molar-refractivity contribution in [2.24, 2.45) is 0 Å². The van der Waals surface area contributed by atoms with Crippen molar-refractivity contribution in [2.75, 3.05) is 5.75 Å². The van der Waals surface area contributed by atoms with Gasteiger partial charge in [0, 0.05) is 5.41 Å². The number of rotatable bonds is 4. The number of nitriles is 1. The third-order valence-electron chi connectivity index (χ3n) is 6.26. The summed E-state index contributed by atoms with van der Waals surface area (Å²) in [6.07, 6.45) is 1.62. The highest BCUT2D eigenvalue weighted by Crippen LogP contribution is 2.35. The van der Waals surface area contributed by atoms with E-state index in [9.17, 15) is 23.3 Å². The molecule has 0 unspecified atom stereocenters. The summed E-state index contributed by atoms with van der Waals surface area (Å²) >= 11 is 0. The van der Waals surface area contributed by atoms with E-state index in [4.69, 9.17) is 4.74 Å². The van der Waals surface area contributed by atoms with Gasteiger partial charge < -0.3 is 15.4 Å². The van der Waals surface area contributed by atoms with Gasteiger partial charge in [0.2, 0.25) is 5.95 Å². The number of hydrogen-bond acceptors (Lipinski definition) is 10. The van der Waals surface area contributed by atoms with Crippen LogP contribution in [0.2, 0.25) is 0 Å². The minimum atomic E-state index is -4.31. The summed E-state index contributed by atoms with van der Waals surface area (Å²) in [7, 11) is -4.31. The van der Waals surface area contributed by atoms with Crippen LogP contribution < -0.4 is 10.6 Å². The summed E-state index contributed by atoms with van der Waals surface area (Å²) in [5, 5.41) is 21.2. The normalized spacial score (nSPS) is 18.8. The number of amides is 1. The second-order valence-electron chi connectivity index (χ2n) is 12.0. The van der Waals surface area contributed by atoms with Crippen molar-refractivity contribution in [3.05, 3.63) is 81.3 Å². The highest BCUT2D eigenvalue weighted by Gasteiger charge is 2.43. The molecule has 1 aromatic carbocycles. The van der Waals surface area contributed by atoms with Gasteiger partial charge in [0.05, 0.1) is 40.4 Å². The number of hydrogen-bond donors (Lipinski definition) is 2. The molecule has 2 aliphatic heterocycles. The molecule has 2 N–H and O–H groups in total. The van der Waals surface area contributed by atoms with Crippen LogP contribution in [-0.4, -0.2) is 52.9 Å². The van der Waals surface area contributed by atoms with Gasteiger partial charge in [-0.3, -0.25) is 4.79 Å². The van der Waals surface area contributed by atoms with Crippen LogP contribution in [0.25, 0.3) is 5.57 Å². The lowest BCUT2D eigenvalue weighted by molar-refractivity contribution is -0.117. The van der Waals surface area contributed by atoms with Crippen LogP contribution in [0.4, 0.5) is 9.18 Å². The molecule has 0 radical (unpaired) electrons. The first-order valence-corrected chi connectivity index (χ1v) is 14.7. The number of carbonyl (C=O) groups is 2. The maximum Gasteiger partial charge on any atom is 0.408 e. The number of nitrogens with one attached hydrogen (secondary N) is 2. The van der Waals surface area contributed by atoms with E-state index in [-0.39, 0.29) is 28.8 Å². The fourth-order valence-electron chi connectivity index (χ4n) is 4.29. The Morgan fingerprint density at radius 3 is 2.45 bits per heavy atom. The SMILES string of the molecule is CC(C)(C)OC(=O)N[C@H]1CS(=O)(=O)C2=C(C1=O)C(Cc1ccc(C#N)cc1)=CC(c1cnnc(C(C)(C)C)n1)=C(F)N2. The van der Waals surface area contributed by atoms with Crippen LogP contribution in [0.15, 0.2) is 58.7 Å². The van der Waals surface area contributed by atoms with Gasteiger partial charge in [-0.2, -0.15) is 14.8 Å². The maximum atomic E-state index is 15.9. The Hall–Kier alpha value is -4.44. The lowest BCUT2D eigenvalue weighted by Gasteiger charge is -2.28. The van der Waals surface area contributed by atoms with Crippen molar-refractivity contribution in [3.8, 4) is 6.07 Å². The minimum absolute atomic E-state index is 0.00589. The van der Waals surface area contributed by atoms with Gasteiger partial charge in [-0.1, -0.05) is 32.9 Å². The molecule has 2 aromatic rings. The summed E-state index contributed by atoms with van der Waals surface area (Å²) in [6, 6.07) is 7.01. The van der Waals surface area contributed by atoms with E-state index >= 15 is 4.39 Å². The number of sulfone groups is 1. The van der Waals surface area contributed by atoms with Crippen LogP contribution in [0.1, 0.15) is 64.2 Å². The quantitative estimate of drug-likeness (QED) is 0.500. The second-order valence-corrected chi connectivity index (χ2v) is 13.9. The number of alkyl carbamates (subject to hydrolysis) is 1. The molecule has 11 nitrogen and oxygen atoms in total. The lowest BCUT2D eigenvalue weighted by Crippen LogP contribution is -2.51. The Balaban J connectivity index is 1.87. The Morgan fingerprint density at radius 1 is 1.19 bits per heavy atom. The zero-order valence-electron chi connectivity index (χ0n) is 24.1. The molecule has 0 saturated carbocycles. The number of nitrogens with zero attached hydrogens (tertiary/aromatic N) is 4. The van der Waals surface area contributed by atoms with Gasteiger partial charge in [-0.25, -0.2) is 18.2 Å². The fourth-order valence-corrected chi connectivity index (χ4v) is 5.92. The summed E-state index contributed by atoms with van der Waals surface area (Å²) < 4.78 is 48.1. The van der Waals surface area contributed by atoms with Crippen LogP contribution in [0.3, 0.4) is 0 Å². The smallest absolute Gasteiger partial charge is 0.408 e. The van der Waals surface area contributed by atoms with Crippen LogP contribution >= 0.6 is 0 Å². The molecule has 2 aliphatic rings. The van der Waals surface area contributed by atoms with Crippen LogP contribution in [0.5, 0.6) is 0 Å². The summed E-state index contributed by atoms with van der Waals surface area (Å²) in [4.78, 5) is 30.8. The number of Topliss-reactive ketones (excluding diaryl/α,β-unsaturated/α-hetero) is 1. The van der Waals surface area contributed by atoms with E-state index in [1.807, 2.05) is 26.8 Å². The molecule has 0 fully saturated rings. The van der Waals surface area contributed by atoms with E-state index < -0.39 is 55.5 Å². The van der Waals surface area contributed by atoms with E-state index in [0.29, 0.717) is 17.0 Å². The van der Waals surface area contributed by atoms with Crippen LogP contribution in [0, 0.1) is 11.3 Å². The predicted octanol–water partition coefficient (Wildman–Crippen LogP) is 3.55. The van der Waals surface area contributed by atoms with E-state index in [2.05, 4.69) is 25.8 Å². The molecule has 0 spiro atoms. The standard InChI is InChI=1S/C29H31FN6O5S/c1-28(2,3)26-33-20(14-32-36-26)19-12-18(11-16-7-9-17(13-31)10-8-16)22-23(37)21(34-27(38)41-29(4,5)6)15-42(39,40)25(22)35-24(19)30/h7-10,12,14,21,35H,11,15H2,1-6H3,(H,34,38)/t21-/m0/s1. The average molecular weight is 595 g/mol. The molecule has 220 valence electrons. The molecule has 0 saturated heterocycles. The topological polar surface area (TPSA) is 164 Å². The summed E-state index contributed by atoms with van der Waals surface area (Å²) in [5.74, 6) is -2.25. The maximum absolute atomic E-state index is 15.9. The zero-order chi connectivity index (χ0) is 31.0. The Bertz CT molecular complexity index is 1690. The number of carbonyl (C=O) groups excluding carboxylic acids is 2. The molecule has 0 bridgehead atoms. The molecular formula is C29H31FN6O5S. The second kappa shape index (κ2) is 11.1. The minimum Gasteiger partial charge on any atom is -0.444 e. The molecular weight excluding hydrogens is 563 g/mol. The van der Waals surface area contributed by atoms with Gasteiger partial charge in [-0.15, -0.1) is 5.10 Å². The number of benzene rings is 1. The molecule has 13 heteroatoms. The Morgan fingerprint density at radius 2 is 1.86 bits per heavy atom. The molecule has 1 amide bonds. The number of ether oxygens (including phenoxy) is 1. The monoisotopic (exact) mass is 594 g/mol. The van der Waals surface area contributed by atoms with Gasteiger partial charge >= 0.3 is 6.09 Å². The highest BCUT2D eigenvalue weighted by molar-refractivity contribution is 7.95. The molecule has 3 heterocycles. The van der Waals surface area contributed by atoms with E-state index in [1.54, 1.807) is 45.0 Å². The van der Waals surface area contributed by atoms with Crippen molar-refractivity contribution in [1.82, 2.24) is 25.8 Å². The van der Waals surface area contributed by atoms with Gasteiger partial charge in [-0.05, 0) is 56.5 Å². The molecule has 1 atom stereocenters. The number of aromatic nitrogens is 3. The summed E-state index contributed by atoms with van der Waals surface area (Å²) in [6.45, 7) is 10.5.